The molecular formula is C20H28N4O5. The molecule has 1 atom stereocenters. The summed E-state index contributed by atoms with van der Waals surface area (Å²) in [6, 6.07) is 2.90. The van der Waals surface area contributed by atoms with Gasteiger partial charge in [-0.1, -0.05) is 0 Å². The number of urea groups is 1. The molecule has 3 amide bonds. The largest absolute Gasteiger partial charge is 0.451 e. The molecular weight excluding hydrogens is 376 g/mol. The van der Waals surface area contributed by atoms with Crippen LogP contribution in [0.4, 0.5) is 4.79 Å². The minimum absolute atomic E-state index is 0.0836. The van der Waals surface area contributed by atoms with Gasteiger partial charge in [-0.05, 0) is 52.3 Å². The molecule has 0 fully saturated rings. The van der Waals surface area contributed by atoms with Gasteiger partial charge in [-0.3, -0.25) is 10.1 Å². The predicted octanol–water partition coefficient (Wildman–Crippen LogP) is 2.00. The maximum Gasteiger partial charge on any atom is 0.349 e. The van der Waals surface area contributed by atoms with Crippen LogP contribution in [-0.4, -0.2) is 48.8 Å². The number of amides is 3. The van der Waals surface area contributed by atoms with E-state index in [9.17, 15) is 19.6 Å². The van der Waals surface area contributed by atoms with Crippen LogP contribution < -0.4 is 10.6 Å². The van der Waals surface area contributed by atoms with Gasteiger partial charge in [0.2, 0.25) is 0 Å². The monoisotopic (exact) mass is 404 g/mol. The highest BCUT2D eigenvalue weighted by atomic mass is 16.5. The Labute approximate surface area is 170 Å². The molecule has 0 saturated carbocycles. The third kappa shape index (κ3) is 7.08. The van der Waals surface area contributed by atoms with Crippen molar-refractivity contribution in [2.75, 3.05) is 20.3 Å². The van der Waals surface area contributed by atoms with Crippen molar-refractivity contribution in [1.29, 1.82) is 5.26 Å². The molecule has 1 aromatic rings. The molecule has 0 aliphatic rings. The van der Waals surface area contributed by atoms with Gasteiger partial charge in [0.15, 0.2) is 6.61 Å². The summed E-state index contributed by atoms with van der Waals surface area (Å²) in [5, 5.41) is 13.8. The van der Waals surface area contributed by atoms with Crippen LogP contribution >= 0.6 is 0 Å². The second-order valence-electron chi connectivity index (χ2n) is 6.92. The van der Waals surface area contributed by atoms with Gasteiger partial charge in [-0.15, -0.1) is 0 Å². The topological polar surface area (TPSA) is 122 Å². The van der Waals surface area contributed by atoms with Crippen molar-refractivity contribution < 1.29 is 23.9 Å². The maximum atomic E-state index is 12.2. The number of carbonyl (C=O) groups is 3. The van der Waals surface area contributed by atoms with E-state index in [1.165, 1.54) is 6.08 Å². The minimum atomic E-state index is -0.943. The maximum absolute atomic E-state index is 12.2. The zero-order valence-corrected chi connectivity index (χ0v) is 17.7. The Morgan fingerprint density at radius 3 is 2.48 bits per heavy atom. The number of nitrogens with one attached hydrogen (secondary N) is 2. The molecule has 158 valence electrons. The first-order valence-electron chi connectivity index (χ1n) is 9.17. The summed E-state index contributed by atoms with van der Waals surface area (Å²) >= 11 is 0. The number of rotatable bonds is 8. The molecule has 0 aromatic carbocycles. The molecule has 0 unspecified atom stereocenters. The second-order valence-corrected chi connectivity index (χ2v) is 6.92. The number of methoxy groups -OCH3 is 1. The molecule has 0 aliphatic heterocycles. The quantitative estimate of drug-likeness (QED) is 0.388. The summed E-state index contributed by atoms with van der Waals surface area (Å²) in [5.74, 6) is -1.73. The molecule has 0 radical (unpaired) electrons. The van der Waals surface area contributed by atoms with Crippen LogP contribution in [0.3, 0.4) is 0 Å². The Balaban J connectivity index is 2.85. The normalized spacial score (nSPS) is 12.3. The summed E-state index contributed by atoms with van der Waals surface area (Å²) in [7, 11) is 1.62. The Morgan fingerprint density at radius 2 is 1.93 bits per heavy atom. The number of ether oxygens (including phenoxy) is 2. The van der Waals surface area contributed by atoms with E-state index in [1.54, 1.807) is 27.0 Å². The lowest BCUT2D eigenvalue weighted by Gasteiger charge is -2.17. The Morgan fingerprint density at radius 1 is 1.28 bits per heavy atom. The molecule has 0 aliphatic carbocycles. The first-order chi connectivity index (χ1) is 13.6. The molecule has 9 heteroatoms. The Hall–Kier alpha value is -3.12. The number of hydrogen-bond donors (Lipinski definition) is 2. The fourth-order valence-corrected chi connectivity index (χ4v) is 2.90. The van der Waals surface area contributed by atoms with Gasteiger partial charge in [-0.25, -0.2) is 9.59 Å². The van der Waals surface area contributed by atoms with Crippen LogP contribution in [0.5, 0.6) is 0 Å². The van der Waals surface area contributed by atoms with Gasteiger partial charge >= 0.3 is 12.0 Å². The van der Waals surface area contributed by atoms with Crippen molar-refractivity contribution in [3.63, 3.8) is 0 Å². The van der Waals surface area contributed by atoms with Gasteiger partial charge in [0.1, 0.15) is 11.6 Å². The van der Waals surface area contributed by atoms with Crippen LogP contribution in [0.1, 0.15) is 43.8 Å². The molecule has 0 saturated heterocycles. The average Bonchev–Trinajstić information content (AvgIpc) is 2.90. The Bertz CT molecular complexity index is 833. The van der Waals surface area contributed by atoms with Crippen molar-refractivity contribution in [1.82, 2.24) is 15.2 Å². The van der Waals surface area contributed by atoms with E-state index in [0.29, 0.717) is 12.2 Å². The zero-order chi connectivity index (χ0) is 22.1. The first-order valence-corrected chi connectivity index (χ1v) is 9.17. The van der Waals surface area contributed by atoms with E-state index in [0.717, 1.165) is 11.4 Å². The number of nitrogens with zero attached hydrogens (tertiary/aromatic N) is 2. The minimum Gasteiger partial charge on any atom is -0.451 e. The summed E-state index contributed by atoms with van der Waals surface area (Å²) in [6.07, 6.45) is 1.42. The standard InChI is InChI=1S/C20H28N4O5/c1-12(2)22-20(27)23-18(25)11-29-19(26)17(9-21)8-16-7-13(3)24(15(16)5)14(4)10-28-6/h7-8,12,14H,10-11H2,1-6H3,(H2,22,23,25,27)/b17-8+/t14-/m0/s1. The molecule has 0 spiro atoms. The number of nitriles is 1. The molecule has 1 aromatic heterocycles. The fraction of sp³-hybridized carbons (Fsp3) is 0.500. The van der Waals surface area contributed by atoms with Crippen molar-refractivity contribution in [3.05, 3.63) is 28.6 Å². The van der Waals surface area contributed by atoms with Gasteiger partial charge in [0.05, 0.1) is 12.6 Å². The molecule has 1 rings (SSSR count). The summed E-state index contributed by atoms with van der Waals surface area (Å²) in [4.78, 5) is 35.3. The predicted molar refractivity (Wildman–Crippen MR) is 107 cm³/mol. The molecule has 9 nitrogen and oxygen atoms in total. The van der Waals surface area contributed by atoms with Crippen LogP contribution in [0, 0.1) is 25.2 Å². The van der Waals surface area contributed by atoms with Crippen LogP contribution in [-0.2, 0) is 19.1 Å². The van der Waals surface area contributed by atoms with E-state index >= 15 is 0 Å². The SMILES string of the molecule is COC[C@H](C)n1c(C)cc(/C=C(\C#N)C(=O)OCC(=O)NC(=O)NC(C)C)c1C. The Kier molecular flexibility index (Phi) is 9.09. The third-order valence-electron chi connectivity index (χ3n) is 4.02. The lowest BCUT2D eigenvalue weighted by Crippen LogP contribution is -2.44. The van der Waals surface area contributed by atoms with Crippen molar-refractivity contribution in [3.8, 4) is 6.07 Å². The van der Waals surface area contributed by atoms with Gasteiger partial charge in [0, 0.05) is 24.5 Å². The van der Waals surface area contributed by atoms with E-state index in [-0.39, 0.29) is 17.7 Å². The zero-order valence-electron chi connectivity index (χ0n) is 17.7. The first kappa shape index (κ1) is 23.9. The number of imide groups is 1. The molecule has 1 heterocycles. The lowest BCUT2D eigenvalue weighted by molar-refractivity contribution is -0.144. The van der Waals surface area contributed by atoms with Crippen LogP contribution in [0.15, 0.2) is 11.6 Å². The fourth-order valence-electron chi connectivity index (χ4n) is 2.90. The summed E-state index contributed by atoms with van der Waals surface area (Å²) < 4.78 is 12.1. The lowest BCUT2D eigenvalue weighted by atomic mass is 10.1. The second kappa shape index (κ2) is 11.0. The highest BCUT2D eigenvalue weighted by molar-refractivity contribution is 6.00. The van der Waals surface area contributed by atoms with E-state index < -0.39 is 24.5 Å². The molecule has 29 heavy (non-hydrogen) atoms. The van der Waals surface area contributed by atoms with E-state index in [2.05, 4.69) is 9.88 Å². The number of carbonyl (C=O) groups excluding carboxylic acids is 3. The van der Waals surface area contributed by atoms with Crippen LogP contribution in [0.25, 0.3) is 6.08 Å². The van der Waals surface area contributed by atoms with Crippen molar-refractivity contribution in [2.45, 2.75) is 46.7 Å². The third-order valence-corrected chi connectivity index (χ3v) is 4.02. The van der Waals surface area contributed by atoms with E-state index in [1.807, 2.05) is 32.2 Å². The van der Waals surface area contributed by atoms with Crippen molar-refractivity contribution in [2.24, 2.45) is 0 Å². The van der Waals surface area contributed by atoms with E-state index in [4.69, 9.17) is 9.47 Å². The van der Waals surface area contributed by atoms with Crippen molar-refractivity contribution >= 4 is 24.0 Å². The number of aromatic nitrogens is 1. The number of esters is 1. The average molecular weight is 404 g/mol. The highest BCUT2D eigenvalue weighted by Gasteiger charge is 2.18. The highest BCUT2D eigenvalue weighted by Crippen LogP contribution is 2.23. The van der Waals surface area contributed by atoms with Gasteiger partial charge < -0.3 is 19.4 Å². The van der Waals surface area contributed by atoms with Gasteiger partial charge in [0.25, 0.3) is 5.91 Å². The number of hydrogen-bond acceptors (Lipinski definition) is 6. The smallest absolute Gasteiger partial charge is 0.349 e. The molecule has 2 N–H and O–H groups in total. The number of aryl methyl sites for hydroxylation is 1. The van der Waals surface area contributed by atoms with Gasteiger partial charge in [-0.2, -0.15) is 5.26 Å². The summed E-state index contributed by atoms with van der Waals surface area (Å²) in [6.45, 7) is 9.13. The molecule has 0 bridgehead atoms. The summed E-state index contributed by atoms with van der Waals surface area (Å²) in [5.41, 5.74) is 2.28. The van der Waals surface area contributed by atoms with Crippen LogP contribution in [0.2, 0.25) is 0 Å².